The van der Waals surface area contributed by atoms with E-state index in [4.69, 9.17) is 4.74 Å². The average molecular weight is 315 g/mol. The van der Waals surface area contributed by atoms with E-state index in [-0.39, 0.29) is 0 Å². The maximum atomic E-state index is 5.60. The van der Waals surface area contributed by atoms with E-state index >= 15 is 0 Å². The van der Waals surface area contributed by atoms with Crippen LogP contribution in [0.2, 0.25) is 0 Å². The third-order valence-corrected chi connectivity index (χ3v) is 3.22. The predicted octanol–water partition coefficient (Wildman–Crippen LogP) is 2.78. The highest BCUT2D eigenvalue weighted by Gasteiger charge is 2.14. The van der Waals surface area contributed by atoms with Crippen molar-refractivity contribution in [1.82, 2.24) is 0 Å². The molecule has 2 aromatic carbocycles. The zero-order valence-electron chi connectivity index (χ0n) is 14.5. The molecule has 4 nitrogen and oxygen atoms in total. The minimum Gasteiger partial charge on any atom is -0.496 e. The molecule has 0 unspecified atom stereocenters. The molecule has 1 aliphatic carbocycles. The number of rotatable bonds is 2. The van der Waals surface area contributed by atoms with E-state index in [9.17, 15) is 0 Å². The van der Waals surface area contributed by atoms with Crippen LogP contribution in [0.25, 0.3) is 10.8 Å². The molecule has 0 fully saturated rings. The Balaban J connectivity index is 0.000000728. The van der Waals surface area contributed by atoms with Gasteiger partial charge in [-0.3, -0.25) is 0 Å². The highest BCUT2D eigenvalue weighted by atomic mass is 16.5. The standard InChI is InChI=1S/C16H14O.3CH5N/c1-17-16-14-9-5-4-8-13(14)10-11-15(16)12-6-2-3-7-12;3*1-2/h2-12H,1H3;3*2H2,1H3. The normalized spacial score (nSPS) is 11.6. The molecule has 1 aliphatic rings. The van der Waals surface area contributed by atoms with Crippen LogP contribution in [0.5, 0.6) is 5.75 Å². The van der Waals surface area contributed by atoms with E-state index in [1.807, 2.05) is 0 Å². The van der Waals surface area contributed by atoms with Crippen molar-refractivity contribution in [2.24, 2.45) is 17.2 Å². The molecule has 0 spiro atoms. The van der Waals surface area contributed by atoms with Crippen molar-refractivity contribution in [3.05, 3.63) is 66.3 Å². The van der Waals surface area contributed by atoms with Gasteiger partial charge in [0.25, 0.3) is 0 Å². The lowest BCUT2D eigenvalue weighted by atomic mass is 9.96. The minimum absolute atomic E-state index is 0.342. The number of nitrogens with two attached hydrogens (primary N) is 3. The maximum absolute atomic E-state index is 5.60. The van der Waals surface area contributed by atoms with Gasteiger partial charge in [-0.05, 0) is 26.5 Å². The monoisotopic (exact) mass is 315 g/mol. The summed E-state index contributed by atoms with van der Waals surface area (Å²) in [6.07, 6.45) is 8.54. The fourth-order valence-electron chi connectivity index (χ4n) is 2.39. The second kappa shape index (κ2) is 12.4. The highest BCUT2D eigenvalue weighted by Crippen LogP contribution is 2.36. The molecule has 6 N–H and O–H groups in total. The topological polar surface area (TPSA) is 87.3 Å². The molecule has 0 aromatic heterocycles. The fourth-order valence-corrected chi connectivity index (χ4v) is 2.39. The summed E-state index contributed by atoms with van der Waals surface area (Å²) in [5.41, 5.74) is 14.7. The molecule has 4 heteroatoms. The molecule has 0 radical (unpaired) electrons. The van der Waals surface area contributed by atoms with Crippen LogP contribution in [0, 0.1) is 0 Å². The Morgan fingerprint density at radius 1 is 0.783 bits per heavy atom. The Kier molecular flexibility index (Phi) is 11.3. The van der Waals surface area contributed by atoms with Crippen LogP contribution in [0.15, 0.2) is 60.7 Å². The molecule has 23 heavy (non-hydrogen) atoms. The average Bonchev–Trinajstić information content (AvgIpc) is 3.20. The van der Waals surface area contributed by atoms with Crippen molar-refractivity contribution in [2.45, 2.75) is 5.92 Å². The van der Waals surface area contributed by atoms with Crippen LogP contribution in [0.1, 0.15) is 11.5 Å². The van der Waals surface area contributed by atoms with Gasteiger partial charge in [-0.15, -0.1) is 0 Å². The number of fused-ring (bicyclic) bond motifs is 1. The Bertz CT molecular complexity index is 609. The van der Waals surface area contributed by atoms with Gasteiger partial charge in [-0.1, -0.05) is 60.7 Å². The molecule has 0 heterocycles. The summed E-state index contributed by atoms with van der Waals surface area (Å²) in [7, 11) is 6.24. The van der Waals surface area contributed by atoms with Crippen molar-refractivity contribution in [3.8, 4) is 5.75 Å². The second-order valence-electron chi connectivity index (χ2n) is 4.20. The lowest BCUT2D eigenvalue weighted by Gasteiger charge is -2.14. The van der Waals surface area contributed by atoms with Crippen molar-refractivity contribution in [1.29, 1.82) is 0 Å². The number of ether oxygens (including phenoxy) is 1. The van der Waals surface area contributed by atoms with Crippen molar-refractivity contribution in [2.75, 3.05) is 28.3 Å². The lowest BCUT2D eigenvalue weighted by Crippen LogP contribution is -1.96. The Labute approximate surface area is 139 Å². The van der Waals surface area contributed by atoms with Gasteiger partial charge in [0.2, 0.25) is 0 Å². The first-order chi connectivity index (χ1) is 11.4. The Hall–Kier alpha value is -2.14. The van der Waals surface area contributed by atoms with Crippen LogP contribution in [0.4, 0.5) is 0 Å². The molecule has 2 aromatic rings. The van der Waals surface area contributed by atoms with E-state index in [1.165, 1.54) is 37.5 Å². The van der Waals surface area contributed by atoms with Crippen LogP contribution in [0.3, 0.4) is 0 Å². The molecule has 3 rings (SSSR count). The largest absolute Gasteiger partial charge is 0.496 e. The number of allylic oxidation sites excluding steroid dienone is 4. The molecule has 0 bridgehead atoms. The lowest BCUT2D eigenvalue weighted by molar-refractivity contribution is 0.415. The number of methoxy groups -OCH3 is 1. The van der Waals surface area contributed by atoms with E-state index < -0.39 is 0 Å². The van der Waals surface area contributed by atoms with E-state index in [0.29, 0.717) is 5.92 Å². The van der Waals surface area contributed by atoms with Crippen LogP contribution in [-0.2, 0) is 0 Å². The third-order valence-electron chi connectivity index (χ3n) is 3.22. The van der Waals surface area contributed by atoms with Gasteiger partial charge in [0.15, 0.2) is 0 Å². The molecule has 0 saturated carbocycles. The predicted molar refractivity (Wildman–Crippen MR) is 102 cm³/mol. The molecular formula is C19H29N3O. The van der Waals surface area contributed by atoms with Crippen molar-refractivity contribution < 1.29 is 4.74 Å². The van der Waals surface area contributed by atoms with Crippen molar-refractivity contribution >= 4 is 10.8 Å². The van der Waals surface area contributed by atoms with Crippen LogP contribution >= 0.6 is 0 Å². The van der Waals surface area contributed by atoms with Gasteiger partial charge >= 0.3 is 0 Å². The number of benzene rings is 2. The third kappa shape index (κ3) is 5.21. The van der Waals surface area contributed by atoms with E-state index in [0.717, 1.165) is 5.75 Å². The molecule has 0 saturated heterocycles. The first-order valence-electron chi connectivity index (χ1n) is 7.54. The smallest absolute Gasteiger partial charge is 0.130 e. The van der Waals surface area contributed by atoms with E-state index in [2.05, 4.69) is 77.9 Å². The maximum Gasteiger partial charge on any atom is 0.130 e. The van der Waals surface area contributed by atoms with Gasteiger partial charge in [0, 0.05) is 16.9 Å². The Morgan fingerprint density at radius 2 is 1.35 bits per heavy atom. The summed E-state index contributed by atoms with van der Waals surface area (Å²) in [4.78, 5) is 0. The second-order valence-corrected chi connectivity index (χ2v) is 4.20. The number of hydrogen-bond acceptors (Lipinski definition) is 4. The summed E-state index contributed by atoms with van der Waals surface area (Å²) < 4.78 is 5.60. The molecule has 0 aliphatic heterocycles. The summed E-state index contributed by atoms with van der Waals surface area (Å²) in [5, 5.41) is 2.40. The van der Waals surface area contributed by atoms with Crippen LogP contribution < -0.4 is 21.9 Å². The van der Waals surface area contributed by atoms with Gasteiger partial charge in [0.1, 0.15) is 5.75 Å². The summed E-state index contributed by atoms with van der Waals surface area (Å²) in [6.45, 7) is 0. The van der Waals surface area contributed by atoms with Gasteiger partial charge < -0.3 is 21.9 Å². The first kappa shape index (κ1) is 20.9. The van der Waals surface area contributed by atoms with E-state index in [1.54, 1.807) is 7.11 Å². The van der Waals surface area contributed by atoms with Crippen LogP contribution in [-0.4, -0.2) is 28.3 Å². The molecule has 0 atom stereocenters. The minimum atomic E-state index is 0.342. The zero-order valence-corrected chi connectivity index (χ0v) is 14.5. The SMILES string of the molecule is CN.CN.CN.COc1c(C2C=CC=C2)ccc2ccccc12. The fraction of sp³-hybridized carbons (Fsp3) is 0.263. The number of hydrogen-bond donors (Lipinski definition) is 3. The van der Waals surface area contributed by atoms with Gasteiger partial charge in [0.05, 0.1) is 7.11 Å². The summed E-state index contributed by atoms with van der Waals surface area (Å²) >= 11 is 0. The first-order valence-corrected chi connectivity index (χ1v) is 7.54. The quantitative estimate of drug-likeness (QED) is 0.795. The van der Waals surface area contributed by atoms with Gasteiger partial charge in [-0.25, -0.2) is 0 Å². The molecule has 0 amide bonds. The van der Waals surface area contributed by atoms with Gasteiger partial charge in [-0.2, -0.15) is 0 Å². The Morgan fingerprint density at radius 3 is 1.91 bits per heavy atom. The highest BCUT2D eigenvalue weighted by molar-refractivity contribution is 5.90. The molecular weight excluding hydrogens is 286 g/mol. The molecule has 126 valence electrons. The van der Waals surface area contributed by atoms with Crippen molar-refractivity contribution in [3.63, 3.8) is 0 Å². The summed E-state index contributed by atoms with van der Waals surface area (Å²) in [6, 6.07) is 12.6. The zero-order chi connectivity index (χ0) is 17.7. The summed E-state index contributed by atoms with van der Waals surface area (Å²) in [5.74, 6) is 1.33.